The van der Waals surface area contributed by atoms with Gasteiger partial charge in [-0.2, -0.15) is 0 Å². The first-order valence-corrected chi connectivity index (χ1v) is 9.28. The van der Waals surface area contributed by atoms with Gasteiger partial charge in [-0.25, -0.2) is 9.97 Å². The van der Waals surface area contributed by atoms with Crippen LogP contribution in [-0.2, 0) is 17.8 Å². The van der Waals surface area contributed by atoms with Crippen LogP contribution >= 0.6 is 11.3 Å². The lowest BCUT2D eigenvalue weighted by atomic mass is 10.1. The number of hydrogen-bond acceptors (Lipinski definition) is 5. The number of aromatic nitrogens is 3. The number of likely N-dealkylation sites (tertiary alicyclic amines) is 1. The van der Waals surface area contributed by atoms with E-state index in [1.165, 1.54) is 4.88 Å². The molecule has 1 aliphatic heterocycles. The summed E-state index contributed by atoms with van der Waals surface area (Å²) >= 11 is 1.84. The van der Waals surface area contributed by atoms with Crippen molar-refractivity contribution in [1.82, 2.24) is 19.4 Å². The molecular formula is C18H22N4OS. The fourth-order valence-electron chi connectivity index (χ4n) is 3.50. The third kappa shape index (κ3) is 3.09. The molecule has 5 nitrogen and oxygen atoms in total. The van der Waals surface area contributed by atoms with Gasteiger partial charge in [0.15, 0.2) is 5.65 Å². The van der Waals surface area contributed by atoms with Crippen molar-refractivity contribution in [1.29, 1.82) is 0 Å². The number of nitrogens with zero attached hydrogens (tertiary/aromatic N) is 4. The van der Waals surface area contributed by atoms with Gasteiger partial charge in [0.05, 0.1) is 6.61 Å². The van der Waals surface area contributed by atoms with E-state index < -0.39 is 0 Å². The van der Waals surface area contributed by atoms with Crippen molar-refractivity contribution in [3.63, 3.8) is 0 Å². The molecular weight excluding hydrogens is 320 g/mol. The Labute approximate surface area is 145 Å². The van der Waals surface area contributed by atoms with E-state index in [1.54, 1.807) is 7.11 Å². The number of methoxy groups -OCH3 is 1. The van der Waals surface area contributed by atoms with E-state index in [0.717, 1.165) is 49.6 Å². The first-order chi connectivity index (χ1) is 11.8. The molecule has 0 unspecified atom stereocenters. The van der Waals surface area contributed by atoms with E-state index in [1.807, 2.05) is 29.7 Å². The van der Waals surface area contributed by atoms with E-state index in [2.05, 4.69) is 32.0 Å². The summed E-state index contributed by atoms with van der Waals surface area (Å²) in [5.74, 6) is 1.63. The van der Waals surface area contributed by atoms with Crippen LogP contribution in [0.5, 0.6) is 0 Å². The lowest BCUT2D eigenvalue weighted by Crippen LogP contribution is -2.20. The molecule has 0 saturated carbocycles. The van der Waals surface area contributed by atoms with E-state index in [0.29, 0.717) is 12.5 Å². The van der Waals surface area contributed by atoms with Crippen LogP contribution in [0, 0.1) is 0 Å². The molecule has 0 radical (unpaired) electrons. The van der Waals surface area contributed by atoms with Crippen LogP contribution in [0.4, 0.5) is 0 Å². The summed E-state index contributed by atoms with van der Waals surface area (Å²) in [5, 5.41) is 2.15. The molecule has 126 valence electrons. The minimum atomic E-state index is 0.469. The third-order valence-corrected chi connectivity index (χ3v) is 5.51. The van der Waals surface area contributed by atoms with Gasteiger partial charge in [0.1, 0.15) is 11.3 Å². The van der Waals surface area contributed by atoms with Crippen molar-refractivity contribution in [3.05, 3.63) is 46.5 Å². The molecule has 0 N–H and O–H groups in total. The fourth-order valence-corrected chi connectivity index (χ4v) is 4.25. The Balaban J connectivity index is 1.57. The van der Waals surface area contributed by atoms with Crippen molar-refractivity contribution >= 4 is 22.5 Å². The maximum absolute atomic E-state index is 5.29. The highest BCUT2D eigenvalue weighted by atomic mass is 32.1. The van der Waals surface area contributed by atoms with Crippen LogP contribution in [0.15, 0.2) is 35.8 Å². The van der Waals surface area contributed by atoms with Crippen LogP contribution < -0.4 is 0 Å². The Morgan fingerprint density at radius 2 is 2.29 bits per heavy atom. The zero-order chi connectivity index (χ0) is 16.4. The second kappa shape index (κ2) is 7.01. The minimum absolute atomic E-state index is 0.469. The average molecular weight is 342 g/mol. The zero-order valence-electron chi connectivity index (χ0n) is 13.9. The Bertz CT molecular complexity index is 799. The monoisotopic (exact) mass is 342 g/mol. The molecule has 4 rings (SSSR count). The van der Waals surface area contributed by atoms with Crippen molar-refractivity contribution in [2.45, 2.75) is 25.4 Å². The molecule has 0 amide bonds. The molecule has 6 heteroatoms. The molecule has 0 bridgehead atoms. The smallest absolute Gasteiger partial charge is 0.160 e. The largest absolute Gasteiger partial charge is 0.383 e. The highest BCUT2D eigenvalue weighted by Crippen LogP contribution is 2.30. The van der Waals surface area contributed by atoms with Gasteiger partial charge in [-0.1, -0.05) is 6.07 Å². The number of hydrogen-bond donors (Lipinski definition) is 0. The first kappa shape index (κ1) is 15.7. The predicted molar refractivity (Wildman–Crippen MR) is 96.4 cm³/mol. The normalized spacial score (nSPS) is 18.6. The second-order valence-electron chi connectivity index (χ2n) is 6.26. The van der Waals surface area contributed by atoms with Gasteiger partial charge in [-0.05, 0) is 36.5 Å². The number of fused-ring (bicyclic) bond motifs is 1. The topological polar surface area (TPSA) is 43.2 Å². The maximum atomic E-state index is 5.29. The summed E-state index contributed by atoms with van der Waals surface area (Å²) in [6, 6.07) is 8.35. The van der Waals surface area contributed by atoms with Crippen LogP contribution in [0.2, 0.25) is 0 Å². The second-order valence-corrected chi connectivity index (χ2v) is 7.29. The molecule has 24 heavy (non-hydrogen) atoms. The molecule has 1 aliphatic rings. The fraction of sp³-hybridized carbons (Fsp3) is 0.444. The number of thiophene rings is 1. The number of rotatable bonds is 6. The molecule has 3 aromatic rings. The number of imidazole rings is 1. The van der Waals surface area contributed by atoms with E-state index >= 15 is 0 Å². The quantitative estimate of drug-likeness (QED) is 0.690. The molecule has 4 heterocycles. The average Bonchev–Trinajstić information content (AvgIpc) is 3.33. The first-order valence-electron chi connectivity index (χ1n) is 8.40. The third-order valence-electron chi connectivity index (χ3n) is 4.65. The van der Waals surface area contributed by atoms with Gasteiger partial charge in [0, 0.05) is 43.7 Å². The molecule has 1 fully saturated rings. The van der Waals surface area contributed by atoms with Crippen LogP contribution in [0.1, 0.15) is 23.0 Å². The summed E-state index contributed by atoms with van der Waals surface area (Å²) in [6.45, 7) is 4.73. The molecule has 3 aromatic heterocycles. The van der Waals surface area contributed by atoms with Crippen molar-refractivity contribution in [2.75, 3.05) is 26.8 Å². The van der Waals surface area contributed by atoms with Gasteiger partial charge in [-0.15, -0.1) is 11.3 Å². The highest BCUT2D eigenvalue weighted by Gasteiger charge is 2.28. The Kier molecular flexibility index (Phi) is 4.60. The molecule has 0 aromatic carbocycles. The zero-order valence-corrected chi connectivity index (χ0v) is 14.7. The minimum Gasteiger partial charge on any atom is -0.383 e. The van der Waals surface area contributed by atoms with Crippen molar-refractivity contribution in [2.24, 2.45) is 0 Å². The highest BCUT2D eigenvalue weighted by molar-refractivity contribution is 7.09. The van der Waals surface area contributed by atoms with E-state index in [9.17, 15) is 0 Å². The number of ether oxygens (including phenoxy) is 1. The van der Waals surface area contributed by atoms with E-state index in [-0.39, 0.29) is 0 Å². The summed E-state index contributed by atoms with van der Waals surface area (Å²) in [7, 11) is 1.74. The molecule has 1 atom stereocenters. The van der Waals surface area contributed by atoms with E-state index in [4.69, 9.17) is 9.72 Å². The van der Waals surface area contributed by atoms with Gasteiger partial charge < -0.3 is 9.30 Å². The summed E-state index contributed by atoms with van der Waals surface area (Å²) in [6.07, 6.45) is 3.00. The molecule has 1 saturated heterocycles. The standard InChI is InChI=1S/C18H22N4OS/c1-23-10-9-22-17(20-16-5-2-7-19-18(16)22)14-6-8-21(12-14)13-15-4-3-11-24-15/h2-5,7,11,14H,6,8-10,12-13H2,1H3/t14-/m0/s1. The number of pyridine rings is 1. The Morgan fingerprint density at radius 1 is 1.33 bits per heavy atom. The van der Waals surface area contributed by atoms with Crippen LogP contribution in [0.25, 0.3) is 11.2 Å². The lowest BCUT2D eigenvalue weighted by Gasteiger charge is -2.16. The maximum Gasteiger partial charge on any atom is 0.160 e. The van der Waals surface area contributed by atoms with Gasteiger partial charge in [0.2, 0.25) is 0 Å². The van der Waals surface area contributed by atoms with Crippen LogP contribution in [0.3, 0.4) is 0 Å². The Hall–Kier alpha value is -1.76. The molecule has 0 spiro atoms. The summed E-state index contributed by atoms with van der Waals surface area (Å²) in [5.41, 5.74) is 1.96. The summed E-state index contributed by atoms with van der Waals surface area (Å²) < 4.78 is 7.54. The van der Waals surface area contributed by atoms with Crippen LogP contribution in [-0.4, -0.2) is 46.2 Å². The lowest BCUT2D eigenvalue weighted by molar-refractivity contribution is 0.186. The Morgan fingerprint density at radius 3 is 3.12 bits per heavy atom. The van der Waals surface area contributed by atoms with Gasteiger partial charge in [-0.3, -0.25) is 4.90 Å². The SMILES string of the molecule is COCCn1c([C@H]2CCN(Cc3cccs3)C2)nc2cccnc21. The van der Waals surface area contributed by atoms with Gasteiger partial charge >= 0.3 is 0 Å². The summed E-state index contributed by atoms with van der Waals surface area (Å²) in [4.78, 5) is 13.4. The van der Waals surface area contributed by atoms with Crippen molar-refractivity contribution in [3.8, 4) is 0 Å². The predicted octanol–water partition coefficient (Wildman–Crippen LogP) is 3.13. The molecule has 0 aliphatic carbocycles. The van der Waals surface area contributed by atoms with Crippen molar-refractivity contribution < 1.29 is 4.74 Å². The van der Waals surface area contributed by atoms with Gasteiger partial charge in [0.25, 0.3) is 0 Å².